The lowest BCUT2D eigenvalue weighted by molar-refractivity contribution is 0.102. The van der Waals surface area contributed by atoms with E-state index in [-0.39, 0.29) is 5.91 Å². The molecule has 1 amide bonds. The highest BCUT2D eigenvalue weighted by atomic mass is 16.1. The summed E-state index contributed by atoms with van der Waals surface area (Å²) in [5.41, 5.74) is 0.527. The van der Waals surface area contributed by atoms with Crippen molar-refractivity contribution in [2.45, 2.75) is 13.3 Å². The highest BCUT2D eigenvalue weighted by Gasteiger charge is 2.07. The van der Waals surface area contributed by atoms with Crippen LogP contribution in [-0.4, -0.2) is 27.6 Å². The Morgan fingerprint density at radius 3 is 2.89 bits per heavy atom. The van der Waals surface area contributed by atoms with Crippen LogP contribution in [0.1, 0.15) is 23.7 Å². The van der Waals surface area contributed by atoms with Crippen LogP contribution in [0.2, 0.25) is 0 Å². The first kappa shape index (κ1) is 12.9. The molecule has 0 unspecified atom stereocenters. The van der Waals surface area contributed by atoms with Gasteiger partial charge in [-0.2, -0.15) is 5.10 Å². The number of rotatable bonds is 5. The first-order valence-electron chi connectivity index (χ1n) is 6.08. The normalized spacial score (nSPS) is 9.95. The van der Waals surface area contributed by atoms with Crippen LogP contribution in [0.3, 0.4) is 0 Å². The summed E-state index contributed by atoms with van der Waals surface area (Å²) >= 11 is 0. The van der Waals surface area contributed by atoms with Gasteiger partial charge in [0.05, 0.1) is 0 Å². The van der Waals surface area contributed by atoms with E-state index in [0.717, 1.165) is 13.0 Å². The third-order valence-electron chi connectivity index (χ3n) is 2.39. The lowest BCUT2D eigenvalue weighted by Crippen LogP contribution is -2.14. The molecular formula is C13H15N5O. The molecule has 2 rings (SSSR count). The summed E-state index contributed by atoms with van der Waals surface area (Å²) in [6, 6.07) is 6.76. The van der Waals surface area contributed by atoms with E-state index < -0.39 is 0 Å². The van der Waals surface area contributed by atoms with Crippen molar-refractivity contribution in [1.29, 1.82) is 0 Å². The molecule has 98 valence electrons. The van der Waals surface area contributed by atoms with Crippen molar-refractivity contribution in [2.75, 3.05) is 17.2 Å². The van der Waals surface area contributed by atoms with Crippen molar-refractivity contribution in [1.82, 2.24) is 15.2 Å². The van der Waals surface area contributed by atoms with Crippen molar-refractivity contribution >= 4 is 17.5 Å². The maximum Gasteiger partial charge on any atom is 0.257 e. The van der Waals surface area contributed by atoms with Crippen LogP contribution in [-0.2, 0) is 0 Å². The van der Waals surface area contributed by atoms with Crippen LogP contribution in [0.4, 0.5) is 11.6 Å². The average molecular weight is 257 g/mol. The van der Waals surface area contributed by atoms with Crippen molar-refractivity contribution in [2.24, 2.45) is 0 Å². The smallest absolute Gasteiger partial charge is 0.257 e. The minimum Gasteiger partial charge on any atom is -0.370 e. The highest BCUT2D eigenvalue weighted by Crippen LogP contribution is 2.09. The van der Waals surface area contributed by atoms with Crippen LogP contribution in [0.25, 0.3) is 0 Å². The van der Waals surface area contributed by atoms with Crippen LogP contribution >= 0.6 is 0 Å². The molecule has 2 heterocycles. The summed E-state index contributed by atoms with van der Waals surface area (Å²) in [5, 5.41) is 13.3. The van der Waals surface area contributed by atoms with E-state index >= 15 is 0 Å². The van der Waals surface area contributed by atoms with Crippen LogP contribution in [0.15, 0.2) is 36.7 Å². The summed E-state index contributed by atoms with van der Waals surface area (Å²) in [4.78, 5) is 16.2. The first-order valence-corrected chi connectivity index (χ1v) is 6.08. The molecule has 0 aliphatic rings. The molecule has 6 nitrogen and oxygen atoms in total. The molecule has 2 aromatic heterocycles. The Hall–Kier alpha value is -2.50. The molecule has 0 aliphatic carbocycles. The number of nitrogens with one attached hydrogen (secondary N) is 2. The fourth-order valence-corrected chi connectivity index (χ4v) is 1.48. The van der Waals surface area contributed by atoms with Gasteiger partial charge in [0.2, 0.25) is 0 Å². The summed E-state index contributed by atoms with van der Waals surface area (Å²) in [6.45, 7) is 2.89. The Labute approximate surface area is 111 Å². The molecule has 0 fully saturated rings. The molecule has 0 radical (unpaired) electrons. The van der Waals surface area contributed by atoms with Gasteiger partial charge in [-0.1, -0.05) is 6.92 Å². The minimum atomic E-state index is -0.234. The van der Waals surface area contributed by atoms with E-state index in [9.17, 15) is 4.79 Å². The zero-order chi connectivity index (χ0) is 13.5. The van der Waals surface area contributed by atoms with E-state index in [1.165, 1.54) is 0 Å². The summed E-state index contributed by atoms with van der Waals surface area (Å²) in [5.74, 6) is 0.878. The molecule has 0 aliphatic heterocycles. The zero-order valence-corrected chi connectivity index (χ0v) is 10.6. The maximum atomic E-state index is 12.0. The molecular weight excluding hydrogens is 242 g/mol. The number of hydrogen-bond acceptors (Lipinski definition) is 5. The van der Waals surface area contributed by atoms with Crippen LogP contribution < -0.4 is 10.6 Å². The molecule has 0 aromatic carbocycles. The predicted octanol–water partition coefficient (Wildman–Crippen LogP) is 1.95. The molecule has 0 atom stereocenters. The largest absolute Gasteiger partial charge is 0.370 e. The SMILES string of the molecule is CCCNc1cc(C(=O)Nc2cccnn2)ccn1. The zero-order valence-electron chi connectivity index (χ0n) is 10.6. The maximum absolute atomic E-state index is 12.0. The Morgan fingerprint density at radius 2 is 2.16 bits per heavy atom. The summed E-state index contributed by atoms with van der Waals surface area (Å²) in [6.07, 6.45) is 4.15. The molecule has 0 spiro atoms. The molecule has 19 heavy (non-hydrogen) atoms. The summed E-state index contributed by atoms with van der Waals surface area (Å²) in [7, 11) is 0. The second-order valence-electron chi connectivity index (χ2n) is 3.92. The van der Waals surface area contributed by atoms with Gasteiger partial charge in [-0.3, -0.25) is 4.79 Å². The predicted molar refractivity (Wildman–Crippen MR) is 73.0 cm³/mol. The number of nitrogens with zero attached hydrogens (tertiary/aromatic N) is 3. The highest BCUT2D eigenvalue weighted by molar-refractivity contribution is 6.04. The monoisotopic (exact) mass is 257 g/mol. The number of pyridine rings is 1. The quantitative estimate of drug-likeness (QED) is 0.855. The number of carbonyl (C=O) groups is 1. The molecule has 2 aromatic rings. The lowest BCUT2D eigenvalue weighted by atomic mass is 10.2. The average Bonchev–Trinajstić information content (AvgIpc) is 2.46. The van der Waals surface area contributed by atoms with E-state index in [0.29, 0.717) is 17.2 Å². The fourth-order valence-electron chi connectivity index (χ4n) is 1.48. The minimum absolute atomic E-state index is 0.234. The number of hydrogen-bond donors (Lipinski definition) is 2. The van der Waals surface area contributed by atoms with E-state index in [1.54, 1.807) is 36.7 Å². The number of anilines is 2. The van der Waals surface area contributed by atoms with Crippen molar-refractivity contribution in [3.8, 4) is 0 Å². The van der Waals surface area contributed by atoms with Crippen molar-refractivity contribution in [3.05, 3.63) is 42.2 Å². The van der Waals surface area contributed by atoms with Crippen LogP contribution in [0, 0.1) is 0 Å². The topological polar surface area (TPSA) is 79.8 Å². The number of amides is 1. The van der Waals surface area contributed by atoms with Gasteiger partial charge in [0.25, 0.3) is 5.91 Å². The molecule has 0 saturated carbocycles. The second-order valence-corrected chi connectivity index (χ2v) is 3.92. The van der Waals surface area contributed by atoms with Crippen LogP contribution in [0.5, 0.6) is 0 Å². The van der Waals surface area contributed by atoms with Gasteiger partial charge < -0.3 is 10.6 Å². The van der Waals surface area contributed by atoms with Crippen molar-refractivity contribution in [3.63, 3.8) is 0 Å². The van der Waals surface area contributed by atoms with Gasteiger partial charge in [0.15, 0.2) is 5.82 Å². The first-order chi connectivity index (χ1) is 9.29. The standard InChI is InChI=1S/C13H15N5O/c1-2-6-14-12-9-10(5-8-15-12)13(19)17-11-4-3-7-16-18-11/h3-5,7-9H,2,6H2,1H3,(H,14,15)(H,17,18,19). The van der Waals surface area contributed by atoms with Gasteiger partial charge in [0, 0.05) is 24.5 Å². The van der Waals surface area contributed by atoms with Gasteiger partial charge in [-0.15, -0.1) is 5.10 Å². The fraction of sp³-hybridized carbons (Fsp3) is 0.231. The Kier molecular flexibility index (Phi) is 4.39. The Balaban J connectivity index is 2.06. The molecule has 2 N–H and O–H groups in total. The summed E-state index contributed by atoms with van der Waals surface area (Å²) < 4.78 is 0. The van der Waals surface area contributed by atoms with E-state index in [4.69, 9.17) is 0 Å². The van der Waals surface area contributed by atoms with Gasteiger partial charge in [-0.05, 0) is 30.7 Å². The second kappa shape index (κ2) is 6.44. The number of carbonyl (C=O) groups excluding carboxylic acids is 1. The molecule has 0 saturated heterocycles. The van der Waals surface area contributed by atoms with Crippen molar-refractivity contribution < 1.29 is 4.79 Å². The molecule has 6 heteroatoms. The Bertz CT molecular complexity index is 544. The lowest BCUT2D eigenvalue weighted by Gasteiger charge is -2.06. The van der Waals surface area contributed by atoms with Gasteiger partial charge in [0.1, 0.15) is 5.82 Å². The third-order valence-corrected chi connectivity index (χ3v) is 2.39. The third kappa shape index (κ3) is 3.74. The van der Waals surface area contributed by atoms with Gasteiger partial charge >= 0.3 is 0 Å². The van der Waals surface area contributed by atoms with Gasteiger partial charge in [-0.25, -0.2) is 4.98 Å². The molecule has 0 bridgehead atoms. The Morgan fingerprint density at radius 1 is 1.26 bits per heavy atom. The van der Waals surface area contributed by atoms with E-state index in [1.807, 2.05) is 0 Å². The van der Waals surface area contributed by atoms with E-state index in [2.05, 4.69) is 32.7 Å². The number of aromatic nitrogens is 3.